The van der Waals surface area contributed by atoms with E-state index in [0.29, 0.717) is 5.56 Å². The number of alkyl halides is 1. The van der Waals surface area contributed by atoms with Gasteiger partial charge in [-0.3, -0.25) is 0 Å². The third-order valence-electron chi connectivity index (χ3n) is 1.93. The Hall–Kier alpha value is -0.940. The molecule has 0 unspecified atom stereocenters. The number of rotatable bonds is 2. The van der Waals surface area contributed by atoms with E-state index in [9.17, 15) is 8.42 Å². The maximum atomic E-state index is 11.1. The van der Waals surface area contributed by atoms with E-state index in [1.807, 2.05) is 0 Å². The Balaban J connectivity index is 2.36. The smallest absolute Gasteiger partial charge is 0.224 e. The molecule has 0 radical (unpaired) electrons. The molecule has 14 heavy (non-hydrogen) atoms. The van der Waals surface area contributed by atoms with Crippen LogP contribution in [-0.2, 0) is 15.0 Å². The summed E-state index contributed by atoms with van der Waals surface area (Å²) in [4.78, 5) is 0.266. The molecule has 0 aromatic heterocycles. The van der Waals surface area contributed by atoms with E-state index in [4.69, 9.17) is 11.6 Å². The molecule has 6 heteroatoms. The van der Waals surface area contributed by atoms with Crippen LogP contribution in [-0.4, -0.2) is 14.7 Å². The summed E-state index contributed by atoms with van der Waals surface area (Å²) in [6, 6.07) is 6.23. The molecule has 74 valence electrons. The molecule has 0 spiro atoms. The zero-order valence-electron chi connectivity index (χ0n) is 7.31. The predicted octanol–water partition coefficient (Wildman–Crippen LogP) is 1.91. The summed E-state index contributed by atoms with van der Waals surface area (Å²) in [5, 5.41) is 6.31. The Kier molecular flexibility index (Phi) is 1.90. The minimum Gasteiger partial charge on any atom is -0.224 e. The molecule has 0 atom stereocenters. The predicted molar refractivity (Wildman–Crippen MR) is 51.9 cm³/mol. The van der Waals surface area contributed by atoms with Crippen molar-refractivity contribution in [2.24, 2.45) is 10.2 Å². The van der Waals surface area contributed by atoms with Gasteiger partial charge in [-0.25, -0.2) is 8.42 Å². The van der Waals surface area contributed by atoms with Crippen LogP contribution in [0, 0.1) is 0 Å². The number of hydrogen-bond acceptors (Lipinski definition) is 4. The quantitative estimate of drug-likeness (QED) is 0.576. The monoisotopic (exact) mass is 230 g/mol. The summed E-state index contributed by atoms with van der Waals surface area (Å²) >= 11 is 5.85. The first-order chi connectivity index (χ1) is 6.42. The third-order valence-corrected chi connectivity index (χ3v) is 3.42. The van der Waals surface area contributed by atoms with Gasteiger partial charge in [0.15, 0.2) is 9.84 Å². The Morgan fingerprint density at radius 1 is 1.21 bits per heavy atom. The molecule has 0 saturated carbocycles. The van der Waals surface area contributed by atoms with E-state index in [1.54, 1.807) is 12.1 Å². The normalized spacial score (nSPS) is 18.1. The van der Waals surface area contributed by atoms with Crippen molar-refractivity contribution >= 4 is 21.4 Å². The van der Waals surface area contributed by atoms with Crippen LogP contribution in [0.3, 0.4) is 0 Å². The fourth-order valence-corrected chi connectivity index (χ4v) is 1.87. The lowest BCUT2D eigenvalue weighted by Crippen LogP contribution is -2.00. The molecule has 0 aliphatic carbocycles. The van der Waals surface area contributed by atoms with Crippen LogP contribution in [0.25, 0.3) is 0 Å². The lowest BCUT2D eigenvalue weighted by molar-refractivity contribution is 0.602. The number of sulfone groups is 1. The van der Waals surface area contributed by atoms with Gasteiger partial charge in [0.1, 0.15) is 0 Å². The van der Waals surface area contributed by atoms with Crippen LogP contribution in [0.15, 0.2) is 39.4 Å². The van der Waals surface area contributed by atoms with Crippen LogP contribution in [0.5, 0.6) is 0 Å². The van der Waals surface area contributed by atoms with Gasteiger partial charge in [0.05, 0.1) is 4.90 Å². The SMILES string of the molecule is CS(=O)(=O)c1ccc(C2(Cl)N=N2)cc1. The van der Waals surface area contributed by atoms with E-state index >= 15 is 0 Å². The van der Waals surface area contributed by atoms with E-state index in [2.05, 4.69) is 10.2 Å². The van der Waals surface area contributed by atoms with Gasteiger partial charge in [-0.1, -0.05) is 23.7 Å². The highest BCUT2D eigenvalue weighted by Gasteiger charge is 2.39. The highest BCUT2D eigenvalue weighted by molar-refractivity contribution is 7.90. The van der Waals surface area contributed by atoms with Crippen LogP contribution in [0.2, 0.25) is 0 Å². The lowest BCUT2D eigenvalue weighted by atomic mass is 10.2. The average Bonchev–Trinajstić information content (AvgIpc) is 2.84. The van der Waals surface area contributed by atoms with Crippen molar-refractivity contribution in [1.29, 1.82) is 0 Å². The summed E-state index contributed by atoms with van der Waals surface area (Å²) < 4.78 is 22.3. The first kappa shape index (κ1) is 9.61. The molecule has 0 fully saturated rings. The van der Waals surface area contributed by atoms with Crippen molar-refractivity contribution in [3.05, 3.63) is 29.8 Å². The van der Waals surface area contributed by atoms with Gasteiger partial charge in [-0.05, 0) is 12.1 Å². The summed E-state index contributed by atoms with van der Waals surface area (Å²) in [5.41, 5.74) is 0.687. The van der Waals surface area contributed by atoms with E-state index in [1.165, 1.54) is 12.1 Å². The summed E-state index contributed by atoms with van der Waals surface area (Å²) in [6.07, 6.45) is 1.16. The molecule has 2 rings (SSSR count). The molecule has 0 N–H and O–H groups in total. The first-order valence-electron chi connectivity index (χ1n) is 3.85. The highest BCUT2D eigenvalue weighted by Crippen LogP contribution is 2.43. The number of benzene rings is 1. The van der Waals surface area contributed by atoms with Gasteiger partial charge in [-0.15, -0.1) is 10.2 Å². The second-order valence-corrected chi connectivity index (χ2v) is 5.63. The van der Waals surface area contributed by atoms with E-state index in [0.717, 1.165) is 6.26 Å². The van der Waals surface area contributed by atoms with Gasteiger partial charge in [-0.2, -0.15) is 0 Å². The van der Waals surface area contributed by atoms with Crippen LogP contribution in [0.1, 0.15) is 5.56 Å². The van der Waals surface area contributed by atoms with Gasteiger partial charge in [0.25, 0.3) is 5.12 Å². The minimum absolute atomic E-state index is 0.266. The van der Waals surface area contributed by atoms with Crippen LogP contribution in [0.4, 0.5) is 0 Å². The van der Waals surface area contributed by atoms with Gasteiger partial charge >= 0.3 is 0 Å². The standard InChI is InChI=1S/C8H7ClN2O2S/c1-14(12,13)7-4-2-6(3-5-7)8(9)10-11-8/h2-5H,1H3. The minimum atomic E-state index is -3.15. The van der Waals surface area contributed by atoms with E-state index < -0.39 is 15.0 Å². The number of hydrogen-bond donors (Lipinski definition) is 0. The molecular formula is C8H7ClN2O2S. The third kappa shape index (κ3) is 1.65. The fraction of sp³-hybridized carbons (Fsp3) is 0.250. The van der Waals surface area contributed by atoms with Crippen molar-refractivity contribution in [2.45, 2.75) is 10.0 Å². The maximum absolute atomic E-state index is 11.1. The van der Waals surface area contributed by atoms with Crippen LogP contribution < -0.4 is 0 Å². The second-order valence-electron chi connectivity index (χ2n) is 3.08. The summed E-state index contributed by atoms with van der Waals surface area (Å²) in [7, 11) is -3.15. The average molecular weight is 231 g/mol. The lowest BCUT2D eigenvalue weighted by Gasteiger charge is -2.02. The van der Waals surface area contributed by atoms with Gasteiger partial charge in [0, 0.05) is 11.8 Å². The molecular weight excluding hydrogens is 224 g/mol. The van der Waals surface area contributed by atoms with Crippen molar-refractivity contribution in [3.63, 3.8) is 0 Å². The molecule has 0 bridgehead atoms. The summed E-state index contributed by atoms with van der Waals surface area (Å²) in [5.74, 6) is 0. The zero-order valence-corrected chi connectivity index (χ0v) is 8.88. The van der Waals surface area contributed by atoms with E-state index in [-0.39, 0.29) is 4.90 Å². The Morgan fingerprint density at radius 3 is 2.07 bits per heavy atom. The molecule has 0 amide bonds. The largest absolute Gasteiger partial charge is 0.289 e. The van der Waals surface area contributed by atoms with Gasteiger partial charge in [0.2, 0.25) is 0 Å². The number of halogens is 1. The zero-order chi connectivity index (χ0) is 10.4. The maximum Gasteiger partial charge on any atom is 0.289 e. The van der Waals surface area contributed by atoms with Crippen LogP contribution >= 0.6 is 11.6 Å². The topological polar surface area (TPSA) is 58.9 Å². The Morgan fingerprint density at radius 2 is 1.71 bits per heavy atom. The van der Waals surface area contributed by atoms with Crippen molar-refractivity contribution in [3.8, 4) is 0 Å². The van der Waals surface area contributed by atoms with Gasteiger partial charge < -0.3 is 0 Å². The number of nitrogens with zero attached hydrogens (tertiary/aromatic N) is 2. The molecule has 1 aromatic rings. The summed E-state index contributed by atoms with van der Waals surface area (Å²) in [6.45, 7) is 0. The first-order valence-corrected chi connectivity index (χ1v) is 6.12. The molecule has 0 saturated heterocycles. The van der Waals surface area contributed by atoms with Crippen molar-refractivity contribution in [2.75, 3.05) is 6.26 Å². The molecule has 4 nitrogen and oxygen atoms in total. The Bertz CT molecular complexity index is 487. The second kappa shape index (κ2) is 2.77. The van der Waals surface area contributed by atoms with Crippen molar-refractivity contribution < 1.29 is 8.42 Å². The molecule has 1 aliphatic heterocycles. The van der Waals surface area contributed by atoms with Crippen molar-refractivity contribution in [1.82, 2.24) is 0 Å². The Labute approximate surface area is 86.5 Å². The molecule has 1 heterocycles. The highest BCUT2D eigenvalue weighted by atomic mass is 35.5. The molecule has 1 aromatic carbocycles. The fourth-order valence-electron chi connectivity index (χ4n) is 1.07. The molecule has 1 aliphatic rings.